The molecule has 2 heterocycles. The molecule has 0 amide bonds. The Bertz CT molecular complexity index is 1260. The molecule has 4 aromatic rings. The van der Waals surface area contributed by atoms with Crippen molar-refractivity contribution in [2.24, 2.45) is 5.10 Å². The minimum atomic E-state index is -0.384. The molecule has 0 bridgehead atoms. The van der Waals surface area contributed by atoms with Crippen molar-refractivity contribution in [2.75, 3.05) is 5.43 Å². The number of benzene rings is 2. The molecule has 146 valence electrons. The lowest BCUT2D eigenvalue weighted by Gasteiger charge is -2.03. The number of nitrogens with zero attached hydrogens (tertiary/aromatic N) is 2. The van der Waals surface area contributed by atoms with Crippen LogP contribution >= 0.6 is 27.3 Å². The van der Waals surface area contributed by atoms with Crippen LogP contribution in [0.1, 0.15) is 25.0 Å². The van der Waals surface area contributed by atoms with E-state index in [0.717, 1.165) is 32.4 Å². The van der Waals surface area contributed by atoms with Crippen molar-refractivity contribution >= 4 is 49.1 Å². The van der Waals surface area contributed by atoms with Gasteiger partial charge in [0.15, 0.2) is 0 Å². The SMILES string of the molecule is CCc1ccc(/C(C)=N\Nc2ncc(-c3cc4cc(Br)ccc4oc3=O)s2)cc1. The Morgan fingerprint density at radius 2 is 2.00 bits per heavy atom. The monoisotopic (exact) mass is 467 g/mol. The number of hydrazone groups is 1. The van der Waals surface area contributed by atoms with Gasteiger partial charge in [-0.3, -0.25) is 5.43 Å². The molecule has 0 spiro atoms. The quantitative estimate of drug-likeness (QED) is 0.219. The van der Waals surface area contributed by atoms with Gasteiger partial charge in [-0.25, -0.2) is 9.78 Å². The number of rotatable bonds is 5. The molecular formula is C22H18BrN3O2S. The number of hydrogen-bond acceptors (Lipinski definition) is 6. The summed E-state index contributed by atoms with van der Waals surface area (Å²) in [5, 5.41) is 5.88. The number of halogens is 1. The molecule has 29 heavy (non-hydrogen) atoms. The van der Waals surface area contributed by atoms with E-state index in [4.69, 9.17) is 4.42 Å². The Hall–Kier alpha value is -2.77. The van der Waals surface area contributed by atoms with Crippen LogP contribution in [-0.2, 0) is 6.42 Å². The second kappa shape index (κ2) is 8.31. The molecule has 0 atom stereocenters. The minimum absolute atomic E-state index is 0.384. The molecule has 1 N–H and O–H groups in total. The maximum absolute atomic E-state index is 12.4. The average Bonchev–Trinajstić information content (AvgIpc) is 3.20. The Morgan fingerprint density at radius 1 is 1.21 bits per heavy atom. The molecule has 0 saturated carbocycles. The van der Waals surface area contributed by atoms with E-state index in [1.54, 1.807) is 12.3 Å². The predicted octanol–water partition coefficient (Wildman–Crippen LogP) is 6.08. The van der Waals surface area contributed by atoms with Crippen molar-refractivity contribution in [3.05, 3.63) is 80.7 Å². The highest BCUT2D eigenvalue weighted by Gasteiger charge is 2.12. The van der Waals surface area contributed by atoms with E-state index in [1.165, 1.54) is 16.9 Å². The summed E-state index contributed by atoms with van der Waals surface area (Å²) in [5.74, 6) is 0. The molecule has 0 aliphatic rings. The largest absolute Gasteiger partial charge is 0.422 e. The molecule has 0 aliphatic heterocycles. The van der Waals surface area contributed by atoms with Crippen LogP contribution in [0.3, 0.4) is 0 Å². The van der Waals surface area contributed by atoms with Crippen molar-refractivity contribution in [3.8, 4) is 10.4 Å². The third-order valence-electron chi connectivity index (χ3n) is 4.56. The van der Waals surface area contributed by atoms with Crippen LogP contribution in [0.25, 0.3) is 21.4 Å². The molecule has 4 rings (SSSR count). The smallest absolute Gasteiger partial charge is 0.345 e. The third kappa shape index (κ3) is 4.31. The van der Waals surface area contributed by atoms with E-state index in [2.05, 4.69) is 62.6 Å². The first-order chi connectivity index (χ1) is 14.0. The predicted molar refractivity (Wildman–Crippen MR) is 123 cm³/mol. The standard InChI is InChI=1S/C22H18BrN3O2S/c1-3-14-4-6-15(7-5-14)13(2)25-26-22-24-12-20(29-22)18-11-16-10-17(23)8-9-19(16)28-21(18)27/h4-12H,3H2,1-2H3,(H,24,26)/b25-13-. The first-order valence-electron chi connectivity index (χ1n) is 9.12. The Labute approximate surface area is 180 Å². The minimum Gasteiger partial charge on any atom is -0.422 e. The molecule has 0 fully saturated rings. The summed E-state index contributed by atoms with van der Waals surface area (Å²) in [5.41, 5.74) is 6.84. The number of hydrogen-bond donors (Lipinski definition) is 1. The highest BCUT2D eigenvalue weighted by molar-refractivity contribution is 9.10. The molecule has 0 aliphatic carbocycles. The molecule has 2 aromatic carbocycles. The van der Waals surface area contributed by atoms with Crippen molar-refractivity contribution in [1.82, 2.24) is 4.98 Å². The van der Waals surface area contributed by atoms with Crippen LogP contribution in [0.15, 0.2) is 73.5 Å². The van der Waals surface area contributed by atoms with Gasteiger partial charge in [-0.15, -0.1) is 0 Å². The van der Waals surface area contributed by atoms with Gasteiger partial charge in [0.05, 0.1) is 16.2 Å². The van der Waals surface area contributed by atoms with Crippen LogP contribution in [0.5, 0.6) is 0 Å². The van der Waals surface area contributed by atoms with E-state index in [9.17, 15) is 4.79 Å². The first-order valence-corrected chi connectivity index (χ1v) is 10.7. The number of fused-ring (bicyclic) bond motifs is 1. The zero-order valence-electron chi connectivity index (χ0n) is 15.9. The van der Waals surface area contributed by atoms with Crippen LogP contribution in [0.2, 0.25) is 0 Å². The van der Waals surface area contributed by atoms with Gasteiger partial charge in [0.2, 0.25) is 5.13 Å². The Balaban J connectivity index is 1.57. The highest BCUT2D eigenvalue weighted by Crippen LogP contribution is 2.29. The fourth-order valence-corrected chi connectivity index (χ4v) is 4.04. The average molecular weight is 468 g/mol. The lowest BCUT2D eigenvalue weighted by atomic mass is 10.1. The maximum atomic E-state index is 12.4. The Kier molecular flexibility index (Phi) is 5.60. The van der Waals surface area contributed by atoms with Gasteiger partial charge in [0.1, 0.15) is 5.58 Å². The van der Waals surface area contributed by atoms with Crippen LogP contribution in [0, 0.1) is 0 Å². The molecule has 0 radical (unpaired) electrons. The van der Waals surface area contributed by atoms with Crippen LogP contribution in [-0.4, -0.2) is 10.7 Å². The van der Waals surface area contributed by atoms with E-state index in [1.807, 2.05) is 25.1 Å². The van der Waals surface area contributed by atoms with Crippen molar-refractivity contribution in [3.63, 3.8) is 0 Å². The molecule has 7 heteroatoms. The second-order valence-electron chi connectivity index (χ2n) is 6.52. The summed E-state index contributed by atoms with van der Waals surface area (Å²) in [7, 11) is 0. The molecule has 2 aromatic heterocycles. The highest BCUT2D eigenvalue weighted by atomic mass is 79.9. The Morgan fingerprint density at radius 3 is 2.76 bits per heavy atom. The second-order valence-corrected chi connectivity index (χ2v) is 8.47. The number of aryl methyl sites for hydroxylation is 1. The van der Waals surface area contributed by atoms with E-state index < -0.39 is 0 Å². The molecular weight excluding hydrogens is 450 g/mol. The number of anilines is 1. The summed E-state index contributed by atoms with van der Waals surface area (Å²) in [6.07, 6.45) is 2.67. The van der Waals surface area contributed by atoms with Crippen LogP contribution < -0.4 is 11.1 Å². The summed E-state index contributed by atoms with van der Waals surface area (Å²) < 4.78 is 6.37. The number of thiazole rings is 1. The summed E-state index contributed by atoms with van der Waals surface area (Å²) >= 11 is 4.80. The molecule has 0 saturated heterocycles. The van der Waals surface area contributed by atoms with Crippen molar-refractivity contribution < 1.29 is 4.42 Å². The van der Waals surface area contributed by atoms with Gasteiger partial charge in [0, 0.05) is 16.1 Å². The lowest BCUT2D eigenvalue weighted by molar-refractivity contribution is 0.563. The van der Waals surface area contributed by atoms with E-state index in [-0.39, 0.29) is 5.63 Å². The molecule has 0 unspecified atom stereocenters. The zero-order valence-corrected chi connectivity index (χ0v) is 18.3. The topological polar surface area (TPSA) is 67.5 Å². The van der Waals surface area contributed by atoms with Gasteiger partial charge < -0.3 is 4.42 Å². The zero-order chi connectivity index (χ0) is 20.4. The van der Waals surface area contributed by atoms with Gasteiger partial charge in [-0.05, 0) is 48.7 Å². The van der Waals surface area contributed by atoms with Crippen molar-refractivity contribution in [2.45, 2.75) is 20.3 Å². The van der Waals surface area contributed by atoms with Gasteiger partial charge >= 0.3 is 5.63 Å². The van der Waals surface area contributed by atoms with Gasteiger partial charge in [-0.1, -0.05) is 58.5 Å². The number of nitrogens with one attached hydrogen (secondary N) is 1. The summed E-state index contributed by atoms with van der Waals surface area (Å²) in [6, 6.07) is 15.7. The maximum Gasteiger partial charge on any atom is 0.345 e. The van der Waals surface area contributed by atoms with Crippen LogP contribution in [0.4, 0.5) is 5.13 Å². The normalized spacial score (nSPS) is 11.8. The van der Waals surface area contributed by atoms with E-state index in [0.29, 0.717) is 16.3 Å². The third-order valence-corrected chi connectivity index (χ3v) is 5.99. The van der Waals surface area contributed by atoms with Crippen molar-refractivity contribution in [1.29, 1.82) is 0 Å². The van der Waals surface area contributed by atoms with Gasteiger partial charge in [0.25, 0.3) is 0 Å². The summed E-state index contributed by atoms with van der Waals surface area (Å²) in [4.78, 5) is 17.4. The first kappa shape index (κ1) is 19.5. The number of aromatic nitrogens is 1. The fraction of sp³-hybridized carbons (Fsp3) is 0.136. The molecule has 5 nitrogen and oxygen atoms in total. The summed E-state index contributed by atoms with van der Waals surface area (Å²) in [6.45, 7) is 4.07. The van der Waals surface area contributed by atoms with Gasteiger partial charge in [-0.2, -0.15) is 5.10 Å². The fourth-order valence-electron chi connectivity index (χ4n) is 2.89. The van der Waals surface area contributed by atoms with E-state index >= 15 is 0 Å². The lowest BCUT2D eigenvalue weighted by Crippen LogP contribution is -2.01.